The van der Waals surface area contributed by atoms with Gasteiger partial charge in [0.05, 0.1) is 19.2 Å². The van der Waals surface area contributed by atoms with Crippen molar-refractivity contribution in [3.8, 4) is 0 Å². The molecule has 0 radical (unpaired) electrons. The van der Waals surface area contributed by atoms with E-state index in [0.29, 0.717) is 18.9 Å². The quantitative estimate of drug-likeness (QED) is 0.745. The van der Waals surface area contributed by atoms with Crippen LogP contribution >= 0.6 is 0 Å². The Labute approximate surface area is 130 Å². The predicted molar refractivity (Wildman–Crippen MR) is 85.8 cm³/mol. The van der Waals surface area contributed by atoms with Crippen LogP contribution in [0.3, 0.4) is 0 Å². The normalized spacial score (nSPS) is 17.1. The van der Waals surface area contributed by atoms with Crippen LogP contribution in [0.15, 0.2) is 24.5 Å². The summed E-state index contributed by atoms with van der Waals surface area (Å²) in [5.74, 6) is 1.46. The van der Waals surface area contributed by atoms with Crippen LogP contribution in [0.25, 0.3) is 0 Å². The van der Waals surface area contributed by atoms with E-state index in [9.17, 15) is 9.90 Å². The van der Waals surface area contributed by atoms with Gasteiger partial charge in [0.15, 0.2) is 0 Å². The molecule has 0 bridgehead atoms. The number of piperazine rings is 1. The average Bonchev–Trinajstić information content (AvgIpc) is 2.54. The summed E-state index contributed by atoms with van der Waals surface area (Å²) < 4.78 is 0. The Bertz CT molecular complexity index is 534. The molecule has 1 aromatic rings. The lowest BCUT2D eigenvalue weighted by Gasteiger charge is -2.32. The van der Waals surface area contributed by atoms with Gasteiger partial charge >= 0.3 is 0 Å². The third-order valence-electron chi connectivity index (χ3n) is 3.66. The molecule has 2 rings (SSSR count). The maximum absolute atomic E-state index is 11.8. The van der Waals surface area contributed by atoms with Crippen LogP contribution in [-0.2, 0) is 4.79 Å². The number of hydrogen-bond donors (Lipinski definition) is 2. The van der Waals surface area contributed by atoms with Crippen molar-refractivity contribution in [2.75, 3.05) is 43.5 Å². The fourth-order valence-electron chi connectivity index (χ4n) is 2.24. The Morgan fingerprint density at radius 3 is 2.95 bits per heavy atom. The number of nitrogens with one attached hydrogen (secondary N) is 1. The zero-order valence-corrected chi connectivity index (χ0v) is 13.1. The van der Waals surface area contributed by atoms with Crippen molar-refractivity contribution >= 4 is 17.5 Å². The summed E-state index contributed by atoms with van der Waals surface area (Å²) in [5.41, 5.74) is 0. The molecule has 1 unspecified atom stereocenters. The highest BCUT2D eigenvalue weighted by Gasteiger charge is 2.22. The first-order valence-corrected chi connectivity index (χ1v) is 7.43. The summed E-state index contributed by atoms with van der Waals surface area (Å²) in [6, 6.07) is 1.73. The van der Waals surface area contributed by atoms with E-state index < -0.39 is 0 Å². The summed E-state index contributed by atoms with van der Waals surface area (Å²) in [6.07, 6.45) is 6.14. The molecule has 0 aliphatic carbocycles. The Balaban J connectivity index is 2.04. The second kappa shape index (κ2) is 7.74. The minimum Gasteiger partial charge on any atom is -0.394 e. The third-order valence-corrected chi connectivity index (χ3v) is 3.66. The maximum Gasteiger partial charge on any atom is 0.241 e. The highest BCUT2D eigenvalue weighted by atomic mass is 16.3. The van der Waals surface area contributed by atoms with Crippen molar-refractivity contribution < 1.29 is 9.90 Å². The van der Waals surface area contributed by atoms with Crippen LogP contribution in [0.2, 0.25) is 0 Å². The molecule has 1 aliphatic rings. The smallest absolute Gasteiger partial charge is 0.241 e. The van der Waals surface area contributed by atoms with Crippen LogP contribution in [0, 0.1) is 0 Å². The molecule has 7 nitrogen and oxygen atoms in total. The number of nitrogens with zero attached hydrogens (tertiary/aromatic N) is 4. The van der Waals surface area contributed by atoms with E-state index in [1.165, 1.54) is 6.33 Å². The lowest BCUT2D eigenvalue weighted by Crippen LogP contribution is -2.48. The van der Waals surface area contributed by atoms with Crippen molar-refractivity contribution in [1.82, 2.24) is 14.9 Å². The van der Waals surface area contributed by atoms with Crippen LogP contribution in [0.5, 0.6) is 0 Å². The number of carbonyl (C=O) groups is 1. The number of rotatable bonds is 6. The second-order valence-corrected chi connectivity index (χ2v) is 5.33. The molecule has 22 heavy (non-hydrogen) atoms. The first-order chi connectivity index (χ1) is 10.6. The third kappa shape index (κ3) is 4.17. The van der Waals surface area contributed by atoms with E-state index in [1.807, 2.05) is 30.0 Å². The number of aliphatic hydroxyl groups excluding tert-OH is 1. The van der Waals surface area contributed by atoms with Crippen molar-refractivity contribution in [3.05, 3.63) is 24.5 Å². The van der Waals surface area contributed by atoms with E-state index in [-0.39, 0.29) is 18.6 Å². The molecule has 0 saturated carbocycles. The molecular formula is C15H23N5O2. The largest absolute Gasteiger partial charge is 0.394 e. The zero-order valence-electron chi connectivity index (χ0n) is 13.1. The molecule has 1 aliphatic heterocycles. The van der Waals surface area contributed by atoms with Gasteiger partial charge in [0, 0.05) is 26.2 Å². The van der Waals surface area contributed by atoms with E-state index in [4.69, 9.17) is 0 Å². The Morgan fingerprint density at radius 2 is 2.27 bits per heavy atom. The summed E-state index contributed by atoms with van der Waals surface area (Å²) in [6.45, 7) is 3.74. The average molecular weight is 305 g/mol. The van der Waals surface area contributed by atoms with E-state index in [0.717, 1.165) is 18.8 Å². The number of carbonyl (C=O) groups excluding carboxylic acids is 1. The molecule has 2 N–H and O–H groups in total. The summed E-state index contributed by atoms with van der Waals surface area (Å²) in [7, 11) is 1.81. The molecule has 1 saturated heterocycles. The number of anilines is 2. The van der Waals surface area contributed by atoms with Crippen molar-refractivity contribution in [1.29, 1.82) is 0 Å². The Kier molecular flexibility index (Phi) is 5.71. The van der Waals surface area contributed by atoms with E-state index in [2.05, 4.69) is 15.3 Å². The lowest BCUT2D eigenvalue weighted by molar-refractivity contribution is -0.129. The van der Waals surface area contributed by atoms with Gasteiger partial charge < -0.3 is 20.2 Å². The van der Waals surface area contributed by atoms with E-state index in [1.54, 1.807) is 11.9 Å². The van der Waals surface area contributed by atoms with Gasteiger partial charge in [-0.05, 0) is 13.3 Å². The number of likely N-dealkylation sites (N-methyl/N-ethyl adjacent to an activating group) is 1. The zero-order chi connectivity index (χ0) is 15.9. The molecule has 120 valence electrons. The number of hydrogen-bond acceptors (Lipinski definition) is 6. The second-order valence-electron chi connectivity index (χ2n) is 5.33. The van der Waals surface area contributed by atoms with Crippen LogP contribution in [0.1, 0.15) is 13.3 Å². The summed E-state index contributed by atoms with van der Waals surface area (Å²) in [4.78, 5) is 23.9. The predicted octanol–water partition coefficient (Wildman–Crippen LogP) is 0.494. The van der Waals surface area contributed by atoms with Crippen LogP contribution in [0.4, 0.5) is 11.6 Å². The molecule has 1 aromatic heterocycles. The van der Waals surface area contributed by atoms with Gasteiger partial charge in [0.2, 0.25) is 5.91 Å². The van der Waals surface area contributed by atoms with Gasteiger partial charge in [-0.1, -0.05) is 12.2 Å². The standard InChI is InChI=1S/C15H23N5O2/c1-3-4-5-12(10-21)18-13-8-14(17-11-16-13)20-7-6-19(2)15(22)9-20/h3-4,8,11-12,21H,5-7,9-10H2,1-2H3,(H,16,17,18)/b4-3+. The van der Waals surface area contributed by atoms with Gasteiger partial charge in [-0.2, -0.15) is 0 Å². The van der Waals surface area contributed by atoms with Gasteiger partial charge in [-0.15, -0.1) is 0 Å². The van der Waals surface area contributed by atoms with Gasteiger partial charge in [-0.3, -0.25) is 4.79 Å². The Morgan fingerprint density at radius 1 is 1.45 bits per heavy atom. The molecule has 1 amide bonds. The molecule has 1 atom stereocenters. The first-order valence-electron chi connectivity index (χ1n) is 7.43. The van der Waals surface area contributed by atoms with E-state index >= 15 is 0 Å². The van der Waals surface area contributed by atoms with Gasteiger partial charge in [0.25, 0.3) is 0 Å². The van der Waals surface area contributed by atoms with Crippen molar-refractivity contribution in [2.45, 2.75) is 19.4 Å². The summed E-state index contributed by atoms with van der Waals surface area (Å²) in [5, 5.41) is 12.6. The lowest BCUT2D eigenvalue weighted by atomic mass is 10.2. The highest BCUT2D eigenvalue weighted by Crippen LogP contribution is 2.17. The number of amides is 1. The molecular weight excluding hydrogens is 282 g/mol. The van der Waals surface area contributed by atoms with Crippen molar-refractivity contribution in [3.63, 3.8) is 0 Å². The molecule has 7 heteroatoms. The maximum atomic E-state index is 11.8. The fraction of sp³-hybridized carbons (Fsp3) is 0.533. The van der Waals surface area contributed by atoms with Crippen LogP contribution in [-0.4, -0.2) is 65.2 Å². The SMILES string of the molecule is C/C=C/CC(CO)Nc1cc(N2CCN(C)C(=O)C2)ncn1. The Hall–Kier alpha value is -2.15. The fourth-order valence-corrected chi connectivity index (χ4v) is 2.24. The van der Waals surface area contributed by atoms with Gasteiger partial charge in [0.1, 0.15) is 18.0 Å². The number of allylic oxidation sites excluding steroid dienone is 1. The monoisotopic (exact) mass is 305 g/mol. The van der Waals surface area contributed by atoms with Crippen LogP contribution < -0.4 is 10.2 Å². The first kappa shape index (κ1) is 16.2. The number of aliphatic hydroxyl groups is 1. The van der Waals surface area contributed by atoms with Gasteiger partial charge in [-0.25, -0.2) is 9.97 Å². The van der Waals surface area contributed by atoms with Crippen molar-refractivity contribution in [2.24, 2.45) is 0 Å². The topological polar surface area (TPSA) is 81.6 Å². The summed E-state index contributed by atoms with van der Waals surface area (Å²) >= 11 is 0. The minimum atomic E-state index is -0.0897. The molecule has 0 spiro atoms. The molecule has 0 aromatic carbocycles. The highest BCUT2D eigenvalue weighted by molar-refractivity contribution is 5.82. The number of aromatic nitrogens is 2. The molecule has 1 fully saturated rings. The minimum absolute atomic E-state index is 0.0245. The molecule has 2 heterocycles.